The Kier molecular flexibility index (Phi) is 2.55. The maximum absolute atomic E-state index is 3.81. The highest BCUT2D eigenvalue weighted by Gasteiger charge is 2.48. The number of rotatable bonds is 1. The molecule has 0 radical (unpaired) electrons. The van der Waals surface area contributed by atoms with Gasteiger partial charge in [0.05, 0.1) is 0 Å². The van der Waals surface area contributed by atoms with Crippen molar-refractivity contribution in [1.29, 1.82) is 0 Å². The molecule has 1 aliphatic carbocycles. The molecule has 1 saturated carbocycles. The molecule has 5 atom stereocenters. The van der Waals surface area contributed by atoms with Crippen LogP contribution in [0.4, 0.5) is 0 Å². The van der Waals surface area contributed by atoms with Gasteiger partial charge in [0.1, 0.15) is 0 Å². The van der Waals surface area contributed by atoms with Gasteiger partial charge in [0.25, 0.3) is 0 Å². The Morgan fingerprint density at radius 2 is 2.14 bits per heavy atom. The standard InChI is InChI=1S/C19H24N2/c1-2-13-9-12-10-16-18-15(7-8-21(11-12)19(13)16)14-5-3-4-6-17(14)20-18/h3-6,12-13,16,19-20H,2,7-11H2,1H3/t12-,13-,16-,19?/m0/s1. The van der Waals surface area contributed by atoms with Gasteiger partial charge in [-0.3, -0.25) is 4.90 Å². The van der Waals surface area contributed by atoms with Crippen molar-refractivity contribution < 1.29 is 0 Å². The van der Waals surface area contributed by atoms with Crippen molar-refractivity contribution in [2.75, 3.05) is 13.1 Å². The Balaban J connectivity index is 1.69. The van der Waals surface area contributed by atoms with E-state index in [4.69, 9.17) is 0 Å². The summed E-state index contributed by atoms with van der Waals surface area (Å²) in [4.78, 5) is 6.65. The minimum atomic E-state index is 0.757. The third-order valence-corrected chi connectivity index (χ3v) is 6.42. The third kappa shape index (κ3) is 1.63. The number of para-hydroxylation sites is 1. The minimum Gasteiger partial charge on any atom is -0.358 e. The lowest BCUT2D eigenvalue weighted by molar-refractivity contribution is -0.0134. The van der Waals surface area contributed by atoms with Crippen LogP contribution in [0.5, 0.6) is 0 Å². The average Bonchev–Trinajstić information content (AvgIpc) is 2.86. The number of piperidine rings is 2. The summed E-state index contributed by atoms with van der Waals surface area (Å²) >= 11 is 0. The summed E-state index contributed by atoms with van der Waals surface area (Å²) in [5.41, 5.74) is 4.57. The molecule has 2 heteroatoms. The van der Waals surface area contributed by atoms with Crippen molar-refractivity contribution in [1.82, 2.24) is 9.88 Å². The second-order valence-electron chi connectivity index (χ2n) is 7.41. The number of nitrogens with one attached hydrogen (secondary N) is 1. The zero-order valence-corrected chi connectivity index (χ0v) is 12.8. The van der Waals surface area contributed by atoms with Crippen LogP contribution in [-0.2, 0) is 6.42 Å². The number of benzene rings is 1. The molecular weight excluding hydrogens is 256 g/mol. The second kappa shape index (κ2) is 4.36. The summed E-state index contributed by atoms with van der Waals surface area (Å²) in [5, 5.41) is 1.48. The number of aromatic amines is 1. The van der Waals surface area contributed by atoms with Gasteiger partial charge in [-0.25, -0.2) is 0 Å². The maximum Gasteiger partial charge on any atom is 0.0459 e. The Morgan fingerprint density at radius 3 is 3.05 bits per heavy atom. The molecule has 3 aliphatic heterocycles. The van der Waals surface area contributed by atoms with Crippen molar-refractivity contribution >= 4 is 10.9 Å². The highest BCUT2D eigenvalue weighted by atomic mass is 15.2. The average molecular weight is 280 g/mol. The fourth-order valence-corrected chi connectivity index (χ4v) is 5.65. The molecule has 2 saturated heterocycles. The van der Waals surface area contributed by atoms with Crippen LogP contribution >= 0.6 is 0 Å². The van der Waals surface area contributed by atoms with Gasteiger partial charge in [-0.2, -0.15) is 0 Å². The van der Waals surface area contributed by atoms with Crippen LogP contribution in [0.2, 0.25) is 0 Å². The van der Waals surface area contributed by atoms with E-state index in [9.17, 15) is 0 Å². The minimum absolute atomic E-state index is 0.757. The Hall–Kier alpha value is -1.28. The molecule has 1 aromatic carbocycles. The molecule has 6 rings (SSSR count). The number of hydrogen-bond acceptors (Lipinski definition) is 1. The molecule has 3 fully saturated rings. The summed E-state index contributed by atoms with van der Waals surface area (Å²) in [6.07, 6.45) is 5.47. The van der Waals surface area contributed by atoms with E-state index in [-0.39, 0.29) is 0 Å². The van der Waals surface area contributed by atoms with Crippen LogP contribution in [0.15, 0.2) is 24.3 Å². The predicted molar refractivity (Wildman–Crippen MR) is 86.6 cm³/mol. The molecule has 110 valence electrons. The predicted octanol–water partition coefficient (Wildman–Crippen LogP) is 3.93. The molecule has 21 heavy (non-hydrogen) atoms. The highest BCUT2D eigenvalue weighted by Crippen LogP contribution is 2.50. The first kappa shape index (κ1) is 12.3. The van der Waals surface area contributed by atoms with Crippen molar-refractivity contribution in [3.8, 4) is 0 Å². The third-order valence-electron chi connectivity index (χ3n) is 6.42. The first-order valence-corrected chi connectivity index (χ1v) is 8.68. The van der Waals surface area contributed by atoms with Crippen molar-refractivity contribution in [2.24, 2.45) is 11.8 Å². The van der Waals surface area contributed by atoms with E-state index in [0.29, 0.717) is 0 Å². The maximum atomic E-state index is 3.81. The number of hydrogen-bond donors (Lipinski definition) is 1. The normalized spacial score (nSPS) is 37.5. The number of fused-ring (bicyclic) bond motifs is 4. The number of nitrogens with zero attached hydrogens (tertiary/aromatic N) is 1. The van der Waals surface area contributed by atoms with Gasteiger partial charge in [-0.15, -0.1) is 0 Å². The fraction of sp³-hybridized carbons (Fsp3) is 0.579. The topological polar surface area (TPSA) is 19.0 Å². The quantitative estimate of drug-likeness (QED) is 0.838. The van der Waals surface area contributed by atoms with Gasteiger partial charge in [-0.05, 0) is 42.7 Å². The molecular formula is C19H24N2. The molecule has 4 heterocycles. The summed E-state index contributed by atoms with van der Waals surface area (Å²) in [6, 6.07) is 9.71. The molecule has 0 amide bonds. The lowest BCUT2D eigenvalue weighted by Crippen LogP contribution is -2.56. The van der Waals surface area contributed by atoms with Crippen molar-refractivity contribution in [3.05, 3.63) is 35.5 Å². The smallest absolute Gasteiger partial charge is 0.0459 e. The Labute approximate surface area is 126 Å². The van der Waals surface area contributed by atoms with Crippen LogP contribution in [0.1, 0.15) is 43.4 Å². The van der Waals surface area contributed by atoms with Gasteiger partial charge in [0.2, 0.25) is 0 Å². The first-order chi connectivity index (χ1) is 10.3. The van der Waals surface area contributed by atoms with Crippen LogP contribution in [0.25, 0.3) is 10.9 Å². The summed E-state index contributed by atoms with van der Waals surface area (Å²) < 4.78 is 0. The van der Waals surface area contributed by atoms with E-state index in [2.05, 4.69) is 41.1 Å². The molecule has 4 bridgehead atoms. The van der Waals surface area contributed by atoms with Crippen molar-refractivity contribution in [2.45, 2.75) is 44.6 Å². The molecule has 2 aromatic rings. The molecule has 4 aliphatic rings. The summed E-state index contributed by atoms with van der Waals surface area (Å²) in [5.74, 6) is 2.61. The SMILES string of the molecule is CC[C@H]1C[C@H]2C[C@H]3c4[nH]c5ccccc5c4CCN(C2)C13. The van der Waals surface area contributed by atoms with Gasteiger partial charge in [0.15, 0.2) is 0 Å². The molecule has 1 N–H and O–H groups in total. The van der Waals surface area contributed by atoms with E-state index in [1.54, 1.807) is 11.3 Å². The second-order valence-corrected chi connectivity index (χ2v) is 7.41. The molecule has 2 unspecified atom stereocenters. The Bertz CT molecular complexity index is 686. The van der Waals surface area contributed by atoms with E-state index in [0.717, 1.165) is 23.8 Å². The Morgan fingerprint density at radius 1 is 1.24 bits per heavy atom. The van der Waals surface area contributed by atoms with E-state index >= 15 is 0 Å². The monoisotopic (exact) mass is 280 g/mol. The summed E-state index contributed by atoms with van der Waals surface area (Å²) in [7, 11) is 0. The zero-order valence-electron chi connectivity index (χ0n) is 12.8. The van der Waals surface area contributed by atoms with E-state index in [1.807, 2.05) is 0 Å². The van der Waals surface area contributed by atoms with Gasteiger partial charge >= 0.3 is 0 Å². The lowest BCUT2D eigenvalue weighted by atomic mass is 9.65. The number of H-pyrrole nitrogens is 1. The van der Waals surface area contributed by atoms with Gasteiger partial charge in [0, 0.05) is 41.6 Å². The van der Waals surface area contributed by atoms with Gasteiger partial charge in [-0.1, -0.05) is 31.5 Å². The summed E-state index contributed by atoms with van der Waals surface area (Å²) in [6.45, 7) is 5.02. The molecule has 2 nitrogen and oxygen atoms in total. The lowest BCUT2D eigenvalue weighted by Gasteiger charge is -2.53. The van der Waals surface area contributed by atoms with Crippen molar-refractivity contribution in [3.63, 3.8) is 0 Å². The van der Waals surface area contributed by atoms with Crippen LogP contribution in [0.3, 0.4) is 0 Å². The first-order valence-electron chi connectivity index (χ1n) is 8.68. The van der Waals surface area contributed by atoms with Crippen LogP contribution < -0.4 is 0 Å². The molecule has 0 spiro atoms. The van der Waals surface area contributed by atoms with Crippen LogP contribution in [-0.4, -0.2) is 29.0 Å². The number of aromatic nitrogens is 1. The molecule has 1 aromatic heterocycles. The van der Waals surface area contributed by atoms with E-state index in [1.165, 1.54) is 49.7 Å². The fourth-order valence-electron chi connectivity index (χ4n) is 5.65. The zero-order chi connectivity index (χ0) is 14.0. The highest BCUT2D eigenvalue weighted by molar-refractivity contribution is 5.85. The van der Waals surface area contributed by atoms with E-state index < -0.39 is 0 Å². The van der Waals surface area contributed by atoms with Gasteiger partial charge < -0.3 is 4.98 Å². The van der Waals surface area contributed by atoms with Crippen LogP contribution in [0, 0.1) is 11.8 Å². The largest absolute Gasteiger partial charge is 0.358 e.